The quantitative estimate of drug-likeness (QED) is 0.563. The smallest absolute Gasteiger partial charge is 0.332 e. The predicted molar refractivity (Wildman–Crippen MR) is 82.2 cm³/mol. The molecule has 0 aromatic carbocycles. The normalized spacial score (nSPS) is 10.6. The summed E-state index contributed by atoms with van der Waals surface area (Å²) >= 11 is 0. The van der Waals surface area contributed by atoms with E-state index in [1.54, 1.807) is 0 Å². The minimum absolute atomic E-state index is 0.135. The summed E-state index contributed by atoms with van der Waals surface area (Å²) in [5.41, 5.74) is 10.3. The molecule has 1 aromatic heterocycles. The van der Waals surface area contributed by atoms with E-state index in [0.29, 0.717) is 19.5 Å². The van der Waals surface area contributed by atoms with Crippen LogP contribution in [0, 0.1) is 0 Å². The number of nitrogens with two attached hydrogens (primary N) is 2. The molecule has 0 aliphatic carbocycles. The SMILES string of the molecule is CCCCn1c(N)c(NCCCC(N)=O)c(=O)n(C)c1=O. The van der Waals surface area contributed by atoms with Crippen LogP contribution in [0.4, 0.5) is 11.5 Å². The fourth-order valence-corrected chi connectivity index (χ4v) is 1.96. The molecule has 0 atom stereocenters. The Balaban J connectivity index is 3.02. The predicted octanol–water partition coefficient (Wildman–Crippen LogP) is -0.393. The van der Waals surface area contributed by atoms with Crippen LogP contribution >= 0.6 is 0 Å². The van der Waals surface area contributed by atoms with E-state index in [1.165, 1.54) is 11.6 Å². The highest BCUT2D eigenvalue weighted by molar-refractivity contribution is 5.73. The highest BCUT2D eigenvalue weighted by atomic mass is 16.2. The fraction of sp³-hybridized carbons (Fsp3) is 0.615. The maximum atomic E-state index is 12.1. The van der Waals surface area contributed by atoms with Gasteiger partial charge in [0.15, 0.2) is 0 Å². The van der Waals surface area contributed by atoms with Gasteiger partial charge in [-0.2, -0.15) is 0 Å². The van der Waals surface area contributed by atoms with Crippen LogP contribution in [0.15, 0.2) is 9.59 Å². The second-order valence-corrected chi connectivity index (χ2v) is 4.91. The molecule has 0 unspecified atom stereocenters. The van der Waals surface area contributed by atoms with Crippen molar-refractivity contribution in [2.24, 2.45) is 12.8 Å². The zero-order chi connectivity index (χ0) is 16.0. The lowest BCUT2D eigenvalue weighted by atomic mass is 10.3. The Bertz CT molecular complexity index is 617. The molecule has 118 valence electrons. The summed E-state index contributed by atoms with van der Waals surface area (Å²) in [6.07, 6.45) is 2.42. The summed E-state index contributed by atoms with van der Waals surface area (Å²) in [5, 5.41) is 2.90. The van der Waals surface area contributed by atoms with Gasteiger partial charge in [-0.15, -0.1) is 0 Å². The zero-order valence-electron chi connectivity index (χ0n) is 12.5. The van der Waals surface area contributed by atoms with Gasteiger partial charge in [-0.3, -0.25) is 18.7 Å². The Hall–Kier alpha value is -2.25. The fourth-order valence-electron chi connectivity index (χ4n) is 1.96. The highest BCUT2D eigenvalue weighted by Gasteiger charge is 2.14. The average Bonchev–Trinajstić information content (AvgIpc) is 2.44. The molecule has 0 spiro atoms. The van der Waals surface area contributed by atoms with Gasteiger partial charge in [0.1, 0.15) is 11.5 Å². The van der Waals surface area contributed by atoms with Crippen LogP contribution in [0.3, 0.4) is 0 Å². The minimum atomic E-state index is -0.468. The number of nitrogen functional groups attached to an aromatic ring is 1. The minimum Gasteiger partial charge on any atom is -0.383 e. The number of nitrogens with zero attached hydrogens (tertiary/aromatic N) is 2. The summed E-state index contributed by atoms with van der Waals surface area (Å²) in [6, 6.07) is 0. The molecule has 0 bridgehead atoms. The van der Waals surface area contributed by atoms with Gasteiger partial charge in [0.2, 0.25) is 5.91 Å². The molecule has 0 aliphatic heterocycles. The molecule has 1 rings (SSSR count). The molecular formula is C13H23N5O3. The van der Waals surface area contributed by atoms with E-state index >= 15 is 0 Å². The summed E-state index contributed by atoms with van der Waals surface area (Å²) in [4.78, 5) is 34.8. The van der Waals surface area contributed by atoms with Crippen molar-refractivity contribution in [3.05, 3.63) is 20.8 Å². The zero-order valence-corrected chi connectivity index (χ0v) is 12.5. The Morgan fingerprint density at radius 3 is 2.52 bits per heavy atom. The Morgan fingerprint density at radius 1 is 1.29 bits per heavy atom. The van der Waals surface area contributed by atoms with Gasteiger partial charge in [0.05, 0.1) is 0 Å². The second kappa shape index (κ2) is 7.51. The third-order valence-electron chi connectivity index (χ3n) is 3.22. The highest BCUT2D eigenvalue weighted by Crippen LogP contribution is 2.11. The average molecular weight is 297 g/mol. The number of rotatable bonds is 8. The Morgan fingerprint density at radius 2 is 1.95 bits per heavy atom. The van der Waals surface area contributed by atoms with Crippen molar-refractivity contribution >= 4 is 17.4 Å². The lowest BCUT2D eigenvalue weighted by molar-refractivity contribution is -0.118. The van der Waals surface area contributed by atoms with E-state index in [-0.39, 0.29) is 17.9 Å². The van der Waals surface area contributed by atoms with Crippen LogP contribution in [0.1, 0.15) is 32.6 Å². The Labute approximate surface area is 122 Å². The van der Waals surface area contributed by atoms with E-state index in [1.807, 2.05) is 6.92 Å². The van der Waals surface area contributed by atoms with Crippen molar-refractivity contribution in [3.63, 3.8) is 0 Å². The largest absolute Gasteiger partial charge is 0.383 e. The maximum Gasteiger partial charge on any atom is 0.332 e. The molecule has 5 N–H and O–H groups in total. The number of hydrogen-bond acceptors (Lipinski definition) is 5. The molecule has 0 radical (unpaired) electrons. The van der Waals surface area contributed by atoms with Crippen molar-refractivity contribution in [3.8, 4) is 0 Å². The van der Waals surface area contributed by atoms with E-state index in [9.17, 15) is 14.4 Å². The molecular weight excluding hydrogens is 274 g/mol. The number of anilines is 2. The molecule has 0 fully saturated rings. The third-order valence-corrected chi connectivity index (χ3v) is 3.22. The first-order valence-electron chi connectivity index (χ1n) is 7.01. The number of aromatic nitrogens is 2. The number of nitrogens with one attached hydrogen (secondary N) is 1. The van der Waals surface area contributed by atoms with Crippen LogP contribution in [-0.2, 0) is 18.4 Å². The molecule has 8 heteroatoms. The van der Waals surface area contributed by atoms with Gasteiger partial charge >= 0.3 is 5.69 Å². The van der Waals surface area contributed by atoms with Crippen molar-refractivity contribution in [2.45, 2.75) is 39.2 Å². The number of amides is 1. The topological polar surface area (TPSA) is 125 Å². The van der Waals surface area contributed by atoms with Crippen LogP contribution in [0.25, 0.3) is 0 Å². The number of unbranched alkanes of at least 4 members (excludes halogenated alkanes) is 1. The van der Waals surface area contributed by atoms with Crippen molar-refractivity contribution in [1.82, 2.24) is 9.13 Å². The third kappa shape index (κ3) is 4.11. The number of carbonyl (C=O) groups is 1. The molecule has 1 heterocycles. The standard InChI is InChI=1S/C13H23N5O3/c1-3-4-8-18-11(15)10(12(20)17(2)13(18)21)16-7-5-6-9(14)19/h16H,3-8,15H2,1-2H3,(H2,14,19). The summed E-state index contributed by atoms with van der Waals surface area (Å²) in [7, 11) is 1.42. The van der Waals surface area contributed by atoms with Gasteiger partial charge < -0.3 is 16.8 Å². The first kappa shape index (κ1) is 16.8. The van der Waals surface area contributed by atoms with Gasteiger partial charge in [-0.25, -0.2) is 4.79 Å². The number of primary amides is 1. The van der Waals surface area contributed by atoms with Crippen LogP contribution in [0.5, 0.6) is 0 Å². The monoisotopic (exact) mass is 297 g/mol. The summed E-state index contributed by atoms with van der Waals surface area (Å²) < 4.78 is 2.42. The first-order valence-corrected chi connectivity index (χ1v) is 7.01. The molecule has 1 aromatic rings. The molecule has 8 nitrogen and oxygen atoms in total. The molecule has 1 amide bonds. The van der Waals surface area contributed by atoms with E-state index in [4.69, 9.17) is 11.5 Å². The molecule has 0 aliphatic rings. The van der Waals surface area contributed by atoms with Crippen LogP contribution in [-0.4, -0.2) is 21.6 Å². The van der Waals surface area contributed by atoms with Crippen LogP contribution in [0.2, 0.25) is 0 Å². The van der Waals surface area contributed by atoms with Crippen molar-refractivity contribution in [1.29, 1.82) is 0 Å². The second-order valence-electron chi connectivity index (χ2n) is 4.91. The van der Waals surface area contributed by atoms with Gasteiger partial charge in [-0.05, 0) is 12.8 Å². The van der Waals surface area contributed by atoms with E-state index in [2.05, 4.69) is 5.32 Å². The lowest BCUT2D eigenvalue weighted by Gasteiger charge is -2.15. The van der Waals surface area contributed by atoms with E-state index in [0.717, 1.165) is 17.4 Å². The lowest BCUT2D eigenvalue weighted by Crippen LogP contribution is -2.41. The van der Waals surface area contributed by atoms with Gasteiger partial charge in [0, 0.05) is 26.6 Å². The van der Waals surface area contributed by atoms with Gasteiger partial charge in [-0.1, -0.05) is 13.3 Å². The van der Waals surface area contributed by atoms with Crippen molar-refractivity contribution in [2.75, 3.05) is 17.6 Å². The summed E-state index contributed by atoms with van der Waals surface area (Å²) in [6.45, 7) is 2.85. The summed E-state index contributed by atoms with van der Waals surface area (Å²) in [5.74, 6) is -0.263. The van der Waals surface area contributed by atoms with Gasteiger partial charge in [0.25, 0.3) is 5.56 Å². The number of carbonyl (C=O) groups excluding carboxylic acids is 1. The maximum absolute atomic E-state index is 12.1. The van der Waals surface area contributed by atoms with E-state index < -0.39 is 17.2 Å². The first-order chi connectivity index (χ1) is 9.90. The number of hydrogen-bond donors (Lipinski definition) is 3. The molecule has 0 saturated carbocycles. The molecule has 21 heavy (non-hydrogen) atoms. The Kier molecular flexibility index (Phi) is 6.01. The molecule has 0 saturated heterocycles. The van der Waals surface area contributed by atoms with Crippen molar-refractivity contribution < 1.29 is 4.79 Å². The van der Waals surface area contributed by atoms with Crippen LogP contribution < -0.4 is 28.0 Å².